The first-order chi connectivity index (χ1) is 12.5. The fraction of sp³-hybridized carbons (Fsp3) is 0.0556. The molecule has 0 spiro atoms. The van der Waals surface area contributed by atoms with Gasteiger partial charge < -0.3 is 5.32 Å². The van der Waals surface area contributed by atoms with Crippen molar-refractivity contribution in [1.82, 2.24) is 4.90 Å². The van der Waals surface area contributed by atoms with Gasteiger partial charge in [-0.3, -0.25) is 19.3 Å². The summed E-state index contributed by atoms with van der Waals surface area (Å²) in [5, 5.41) is 2.21. The molecule has 1 N–H and O–H groups in total. The second-order valence-electron chi connectivity index (χ2n) is 5.32. The van der Waals surface area contributed by atoms with Crippen LogP contribution in [0, 0.1) is 5.82 Å². The molecule has 1 aliphatic rings. The summed E-state index contributed by atoms with van der Waals surface area (Å²) in [5.41, 5.74) is 0.576. The van der Waals surface area contributed by atoms with Crippen molar-refractivity contribution < 1.29 is 18.8 Å². The molecule has 0 atom stereocenters. The third kappa shape index (κ3) is 3.95. The van der Waals surface area contributed by atoms with Gasteiger partial charge in [-0.25, -0.2) is 4.39 Å². The fourth-order valence-corrected chi connectivity index (χ4v) is 3.29. The molecule has 8 heteroatoms. The topological polar surface area (TPSA) is 66.5 Å². The van der Waals surface area contributed by atoms with E-state index in [1.165, 1.54) is 24.3 Å². The third-order valence-corrected chi connectivity index (χ3v) is 4.77. The number of anilines is 1. The van der Waals surface area contributed by atoms with Crippen LogP contribution in [0.25, 0.3) is 6.08 Å². The summed E-state index contributed by atoms with van der Waals surface area (Å²) in [6.07, 6.45) is 1.50. The predicted molar refractivity (Wildman–Crippen MR) is 99.2 cm³/mol. The Morgan fingerprint density at radius 1 is 1.15 bits per heavy atom. The third-order valence-electron chi connectivity index (χ3n) is 3.52. The number of amides is 3. The Hall–Kier alpha value is -2.64. The molecule has 3 amide bonds. The van der Waals surface area contributed by atoms with Crippen molar-refractivity contribution in [3.05, 3.63) is 69.8 Å². The molecule has 2 aromatic rings. The van der Waals surface area contributed by atoms with E-state index in [2.05, 4.69) is 5.32 Å². The monoisotopic (exact) mass is 390 g/mol. The van der Waals surface area contributed by atoms with E-state index in [1.54, 1.807) is 30.3 Å². The molecule has 1 heterocycles. The van der Waals surface area contributed by atoms with E-state index >= 15 is 0 Å². The van der Waals surface area contributed by atoms with Gasteiger partial charge in [0.25, 0.3) is 11.1 Å². The first kappa shape index (κ1) is 18.2. The number of hydrogen-bond acceptors (Lipinski definition) is 4. The van der Waals surface area contributed by atoms with Gasteiger partial charge in [-0.1, -0.05) is 41.9 Å². The van der Waals surface area contributed by atoms with Crippen molar-refractivity contribution in [3.8, 4) is 0 Å². The van der Waals surface area contributed by atoms with Crippen LogP contribution < -0.4 is 5.32 Å². The Bertz CT molecular complexity index is 932. The molecule has 0 aromatic heterocycles. The summed E-state index contributed by atoms with van der Waals surface area (Å²) in [6.45, 7) is -0.501. The number of carbonyl (C=O) groups is 3. The van der Waals surface area contributed by atoms with Crippen LogP contribution in [-0.4, -0.2) is 28.5 Å². The Labute approximate surface area is 157 Å². The number of thioether (sulfide) groups is 1. The summed E-state index contributed by atoms with van der Waals surface area (Å²) >= 11 is 6.77. The van der Waals surface area contributed by atoms with Gasteiger partial charge in [0, 0.05) is 5.02 Å². The van der Waals surface area contributed by atoms with Gasteiger partial charge in [0.05, 0.1) is 10.6 Å². The van der Waals surface area contributed by atoms with Crippen LogP contribution in [0.15, 0.2) is 53.4 Å². The molecule has 0 saturated carbocycles. The Kier molecular flexibility index (Phi) is 5.39. The summed E-state index contributed by atoms with van der Waals surface area (Å²) in [6, 6.07) is 12.5. The van der Waals surface area contributed by atoms with Crippen molar-refractivity contribution in [1.29, 1.82) is 0 Å². The molecular weight excluding hydrogens is 379 g/mol. The van der Waals surface area contributed by atoms with Crippen LogP contribution >= 0.6 is 23.4 Å². The summed E-state index contributed by atoms with van der Waals surface area (Å²) in [7, 11) is 0. The molecule has 2 aromatic carbocycles. The van der Waals surface area contributed by atoms with Crippen LogP contribution in [0.5, 0.6) is 0 Å². The molecule has 0 unspecified atom stereocenters. The van der Waals surface area contributed by atoms with Gasteiger partial charge in [-0.05, 0) is 41.6 Å². The number of para-hydroxylation sites is 1. The molecule has 1 fully saturated rings. The average molecular weight is 391 g/mol. The molecule has 0 radical (unpaired) electrons. The van der Waals surface area contributed by atoms with E-state index in [1.807, 2.05) is 0 Å². The molecule has 26 heavy (non-hydrogen) atoms. The summed E-state index contributed by atoms with van der Waals surface area (Å²) < 4.78 is 13.6. The van der Waals surface area contributed by atoms with Gasteiger partial charge in [-0.15, -0.1) is 0 Å². The highest BCUT2D eigenvalue weighted by molar-refractivity contribution is 8.18. The lowest BCUT2D eigenvalue weighted by Crippen LogP contribution is -2.36. The number of imide groups is 1. The molecule has 1 aliphatic heterocycles. The van der Waals surface area contributed by atoms with Gasteiger partial charge in [-0.2, -0.15) is 0 Å². The highest BCUT2D eigenvalue weighted by Crippen LogP contribution is 2.33. The lowest BCUT2D eigenvalue weighted by atomic mass is 10.2. The summed E-state index contributed by atoms with van der Waals surface area (Å²) in [5.74, 6) is -1.87. The number of carbonyl (C=O) groups excluding carboxylic acids is 3. The maximum absolute atomic E-state index is 13.6. The van der Waals surface area contributed by atoms with E-state index in [-0.39, 0.29) is 10.6 Å². The van der Waals surface area contributed by atoms with Crippen LogP contribution in [-0.2, 0) is 9.59 Å². The normalized spacial score (nSPS) is 15.6. The van der Waals surface area contributed by atoms with Crippen LogP contribution in [0.1, 0.15) is 5.56 Å². The van der Waals surface area contributed by atoms with Crippen molar-refractivity contribution in [2.45, 2.75) is 0 Å². The molecule has 5 nitrogen and oxygen atoms in total. The average Bonchev–Trinajstić information content (AvgIpc) is 2.86. The van der Waals surface area contributed by atoms with Crippen molar-refractivity contribution in [2.75, 3.05) is 11.9 Å². The maximum Gasteiger partial charge on any atom is 0.294 e. The van der Waals surface area contributed by atoms with Crippen LogP contribution in [0.4, 0.5) is 14.9 Å². The number of nitrogens with zero attached hydrogens (tertiary/aromatic N) is 1. The number of hydrogen-bond donors (Lipinski definition) is 1. The first-order valence-corrected chi connectivity index (χ1v) is 8.69. The van der Waals surface area contributed by atoms with Gasteiger partial charge in [0.2, 0.25) is 5.91 Å². The molecular formula is C18H12ClFN2O3S. The molecule has 3 rings (SSSR count). The number of nitrogens with one attached hydrogen (secondary N) is 1. The van der Waals surface area contributed by atoms with Crippen molar-refractivity contribution in [2.24, 2.45) is 0 Å². The van der Waals surface area contributed by atoms with E-state index in [9.17, 15) is 18.8 Å². The quantitative estimate of drug-likeness (QED) is 0.796. The first-order valence-electron chi connectivity index (χ1n) is 7.50. The number of rotatable bonds is 4. The van der Waals surface area contributed by atoms with Gasteiger partial charge in [0.15, 0.2) is 0 Å². The Morgan fingerprint density at radius 3 is 2.58 bits per heavy atom. The lowest BCUT2D eigenvalue weighted by Gasteiger charge is -2.12. The van der Waals surface area contributed by atoms with Crippen LogP contribution in [0.2, 0.25) is 5.02 Å². The largest absolute Gasteiger partial charge is 0.322 e. The second-order valence-corrected chi connectivity index (χ2v) is 6.72. The molecule has 0 aliphatic carbocycles. The van der Waals surface area contributed by atoms with E-state index < -0.39 is 29.4 Å². The summed E-state index contributed by atoms with van der Waals surface area (Å²) in [4.78, 5) is 37.5. The van der Waals surface area contributed by atoms with Gasteiger partial charge in [0.1, 0.15) is 12.4 Å². The Morgan fingerprint density at radius 2 is 1.85 bits per heavy atom. The number of halogens is 2. The minimum atomic E-state index is -0.670. The van der Waals surface area contributed by atoms with Gasteiger partial charge >= 0.3 is 0 Å². The SMILES string of the molecule is O=C(CN1C(=O)S/C(=C\c2ccccc2Cl)C1=O)Nc1ccccc1F. The zero-order valence-electron chi connectivity index (χ0n) is 13.2. The standard InChI is InChI=1S/C18H12ClFN2O3S/c19-12-6-2-1-5-11(12)9-15-17(24)22(18(25)26-15)10-16(23)21-14-8-4-3-7-13(14)20/h1-9H,10H2,(H,21,23)/b15-9-. The fourth-order valence-electron chi connectivity index (χ4n) is 2.27. The maximum atomic E-state index is 13.6. The highest BCUT2D eigenvalue weighted by Gasteiger charge is 2.36. The predicted octanol–water partition coefficient (Wildman–Crippen LogP) is 4.15. The molecule has 1 saturated heterocycles. The van der Waals surface area contributed by atoms with E-state index in [4.69, 9.17) is 11.6 Å². The van der Waals surface area contributed by atoms with E-state index in [0.717, 1.165) is 16.7 Å². The minimum absolute atomic E-state index is 0.0175. The van der Waals surface area contributed by atoms with Crippen molar-refractivity contribution >= 4 is 52.2 Å². The zero-order chi connectivity index (χ0) is 18.7. The Balaban J connectivity index is 1.72. The number of benzene rings is 2. The lowest BCUT2D eigenvalue weighted by molar-refractivity contribution is -0.127. The van der Waals surface area contributed by atoms with Crippen LogP contribution in [0.3, 0.4) is 0 Å². The minimum Gasteiger partial charge on any atom is -0.322 e. The second kappa shape index (κ2) is 7.72. The smallest absolute Gasteiger partial charge is 0.294 e. The van der Waals surface area contributed by atoms with Crippen molar-refractivity contribution in [3.63, 3.8) is 0 Å². The highest BCUT2D eigenvalue weighted by atomic mass is 35.5. The zero-order valence-corrected chi connectivity index (χ0v) is 14.8. The molecule has 132 valence electrons. The molecule has 0 bridgehead atoms. The van der Waals surface area contributed by atoms with E-state index in [0.29, 0.717) is 10.6 Å².